The van der Waals surface area contributed by atoms with Gasteiger partial charge in [0.1, 0.15) is 10.8 Å². The average Bonchev–Trinajstić information content (AvgIpc) is 3.21. The summed E-state index contributed by atoms with van der Waals surface area (Å²) in [4.78, 5) is 20.4. The van der Waals surface area contributed by atoms with Crippen molar-refractivity contribution in [1.82, 2.24) is 19.5 Å². The standard InChI is InChI=1S/C25H28N4O2S/c1-4-31-22-12-10-20(11-13-22)16-28(15-19-8-6-5-7-9-19)17-21-14-23(30)29-25(26-21)32-24(27-29)18(2)3/h5-14,18H,4,15-17H2,1-3H3. The van der Waals surface area contributed by atoms with Crippen molar-refractivity contribution < 1.29 is 4.74 Å². The molecule has 7 heteroatoms. The highest BCUT2D eigenvalue weighted by Crippen LogP contribution is 2.21. The van der Waals surface area contributed by atoms with Gasteiger partial charge in [-0.25, -0.2) is 4.98 Å². The number of aromatic nitrogens is 3. The lowest BCUT2D eigenvalue weighted by atomic mass is 10.1. The van der Waals surface area contributed by atoms with E-state index in [0.717, 1.165) is 29.5 Å². The van der Waals surface area contributed by atoms with E-state index in [2.05, 4.69) is 48.1 Å². The second-order valence-electron chi connectivity index (χ2n) is 8.08. The lowest BCUT2D eigenvalue weighted by molar-refractivity contribution is 0.244. The molecule has 0 radical (unpaired) electrons. The molecule has 4 rings (SSSR count). The predicted octanol–water partition coefficient (Wildman–Crippen LogP) is 4.88. The molecule has 0 saturated carbocycles. The quantitative estimate of drug-likeness (QED) is 0.365. The molecule has 0 spiro atoms. The van der Waals surface area contributed by atoms with Crippen LogP contribution in [0.25, 0.3) is 4.96 Å². The van der Waals surface area contributed by atoms with E-state index in [1.807, 2.05) is 37.3 Å². The third-order valence-electron chi connectivity index (χ3n) is 5.08. The second-order valence-corrected chi connectivity index (χ2v) is 9.07. The zero-order valence-electron chi connectivity index (χ0n) is 18.7. The minimum Gasteiger partial charge on any atom is -0.494 e. The van der Waals surface area contributed by atoms with Gasteiger partial charge in [-0.15, -0.1) is 0 Å². The smallest absolute Gasteiger partial charge is 0.275 e. The Bertz CT molecular complexity index is 1220. The van der Waals surface area contributed by atoms with Crippen LogP contribution in [-0.4, -0.2) is 26.1 Å². The van der Waals surface area contributed by atoms with E-state index in [4.69, 9.17) is 9.72 Å². The van der Waals surface area contributed by atoms with Crippen LogP contribution in [0.2, 0.25) is 0 Å². The van der Waals surface area contributed by atoms with Crippen LogP contribution < -0.4 is 10.3 Å². The topological polar surface area (TPSA) is 59.7 Å². The lowest BCUT2D eigenvalue weighted by Gasteiger charge is -2.22. The van der Waals surface area contributed by atoms with Crippen LogP contribution in [0, 0.1) is 0 Å². The van der Waals surface area contributed by atoms with Crippen molar-refractivity contribution in [2.75, 3.05) is 6.61 Å². The summed E-state index contributed by atoms with van der Waals surface area (Å²) in [6.45, 7) is 8.85. The van der Waals surface area contributed by atoms with Crippen molar-refractivity contribution in [3.63, 3.8) is 0 Å². The molecule has 0 bridgehead atoms. The molecule has 2 aromatic carbocycles. The molecule has 166 valence electrons. The highest BCUT2D eigenvalue weighted by Gasteiger charge is 2.14. The fraction of sp³-hybridized carbons (Fsp3) is 0.320. The van der Waals surface area contributed by atoms with Crippen LogP contribution in [0.5, 0.6) is 5.75 Å². The minimum atomic E-state index is -0.131. The molecular weight excluding hydrogens is 420 g/mol. The maximum absolute atomic E-state index is 12.7. The molecule has 0 aliphatic rings. The van der Waals surface area contributed by atoms with Gasteiger partial charge in [0.2, 0.25) is 4.96 Å². The normalized spacial score (nSPS) is 11.5. The van der Waals surface area contributed by atoms with E-state index in [-0.39, 0.29) is 11.5 Å². The van der Waals surface area contributed by atoms with Gasteiger partial charge in [0.15, 0.2) is 0 Å². The van der Waals surface area contributed by atoms with Crippen molar-refractivity contribution in [3.8, 4) is 5.75 Å². The highest BCUT2D eigenvalue weighted by molar-refractivity contribution is 7.16. The third kappa shape index (κ3) is 5.41. The Morgan fingerprint density at radius 1 is 1.00 bits per heavy atom. The first-order valence-corrected chi connectivity index (χ1v) is 11.7. The Kier molecular flexibility index (Phi) is 6.97. The highest BCUT2D eigenvalue weighted by atomic mass is 32.1. The summed E-state index contributed by atoms with van der Waals surface area (Å²) in [5, 5.41) is 5.34. The fourth-order valence-electron chi connectivity index (χ4n) is 3.54. The predicted molar refractivity (Wildman–Crippen MR) is 128 cm³/mol. The molecule has 0 atom stereocenters. The van der Waals surface area contributed by atoms with Gasteiger partial charge >= 0.3 is 0 Å². The molecule has 6 nitrogen and oxygen atoms in total. The van der Waals surface area contributed by atoms with Crippen LogP contribution in [0.15, 0.2) is 65.5 Å². The fourth-order valence-corrected chi connectivity index (χ4v) is 4.47. The molecule has 2 aromatic heterocycles. The summed E-state index contributed by atoms with van der Waals surface area (Å²) in [5.41, 5.74) is 3.03. The van der Waals surface area contributed by atoms with Crippen LogP contribution in [-0.2, 0) is 19.6 Å². The number of benzene rings is 2. The van der Waals surface area contributed by atoms with Gasteiger partial charge in [-0.2, -0.15) is 9.61 Å². The Hall–Kier alpha value is -3.03. The van der Waals surface area contributed by atoms with Gasteiger partial charge in [0.05, 0.1) is 12.3 Å². The van der Waals surface area contributed by atoms with Crippen molar-refractivity contribution in [2.45, 2.75) is 46.3 Å². The average molecular weight is 449 g/mol. The lowest BCUT2D eigenvalue weighted by Crippen LogP contribution is -2.25. The molecule has 4 aromatic rings. The molecule has 2 heterocycles. The number of ether oxygens (including phenoxy) is 1. The Balaban J connectivity index is 1.60. The largest absolute Gasteiger partial charge is 0.494 e. The van der Waals surface area contributed by atoms with Gasteiger partial charge in [0.25, 0.3) is 5.56 Å². The first-order chi connectivity index (χ1) is 15.5. The van der Waals surface area contributed by atoms with Crippen molar-refractivity contribution in [3.05, 3.63) is 92.8 Å². The summed E-state index contributed by atoms with van der Waals surface area (Å²) in [5.74, 6) is 1.14. The van der Waals surface area contributed by atoms with E-state index in [0.29, 0.717) is 18.1 Å². The summed E-state index contributed by atoms with van der Waals surface area (Å²) in [7, 11) is 0. The van der Waals surface area contributed by atoms with Gasteiger partial charge < -0.3 is 4.74 Å². The molecule has 32 heavy (non-hydrogen) atoms. The molecule has 0 aliphatic carbocycles. The number of nitrogens with zero attached hydrogens (tertiary/aromatic N) is 4. The zero-order chi connectivity index (χ0) is 22.5. The van der Waals surface area contributed by atoms with Crippen molar-refractivity contribution >= 4 is 16.3 Å². The second kappa shape index (κ2) is 10.1. The number of hydrogen-bond acceptors (Lipinski definition) is 6. The van der Waals surface area contributed by atoms with E-state index >= 15 is 0 Å². The molecule has 0 saturated heterocycles. The molecule has 0 N–H and O–H groups in total. The van der Waals surface area contributed by atoms with E-state index in [9.17, 15) is 4.79 Å². The van der Waals surface area contributed by atoms with Gasteiger partial charge in [-0.05, 0) is 30.2 Å². The maximum Gasteiger partial charge on any atom is 0.275 e. The summed E-state index contributed by atoms with van der Waals surface area (Å²) < 4.78 is 6.98. The van der Waals surface area contributed by atoms with Crippen molar-refractivity contribution in [2.24, 2.45) is 0 Å². The van der Waals surface area contributed by atoms with E-state index < -0.39 is 0 Å². The van der Waals surface area contributed by atoms with Crippen LogP contribution >= 0.6 is 11.3 Å². The maximum atomic E-state index is 12.7. The Morgan fingerprint density at radius 2 is 1.69 bits per heavy atom. The molecule has 0 amide bonds. The van der Waals surface area contributed by atoms with Gasteiger partial charge in [-0.3, -0.25) is 9.69 Å². The first kappa shape index (κ1) is 22.2. The third-order valence-corrected chi connectivity index (χ3v) is 6.29. The van der Waals surface area contributed by atoms with Gasteiger partial charge in [-0.1, -0.05) is 67.6 Å². The number of hydrogen-bond donors (Lipinski definition) is 0. The van der Waals surface area contributed by atoms with Crippen LogP contribution in [0.4, 0.5) is 0 Å². The SMILES string of the molecule is CCOc1ccc(CN(Cc2ccccc2)Cc2cc(=O)n3nc(C(C)C)sc3n2)cc1. The van der Waals surface area contributed by atoms with Crippen molar-refractivity contribution in [1.29, 1.82) is 0 Å². The minimum absolute atomic E-state index is 0.131. The molecule has 0 unspecified atom stereocenters. The first-order valence-electron chi connectivity index (χ1n) is 10.9. The van der Waals surface area contributed by atoms with Crippen LogP contribution in [0.3, 0.4) is 0 Å². The molecule has 0 fully saturated rings. The number of fused-ring (bicyclic) bond motifs is 1. The Labute approximate surface area is 192 Å². The zero-order valence-corrected chi connectivity index (χ0v) is 19.5. The number of rotatable bonds is 9. The summed E-state index contributed by atoms with van der Waals surface area (Å²) >= 11 is 1.48. The molecular formula is C25H28N4O2S. The summed E-state index contributed by atoms with van der Waals surface area (Å²) in [6, 6.07) is 20.1. The van der Waals surface area contributed by atoms with Gasteiger partial charge in [0, 0.05) is 31.6 Å². The van der Waals surface area contributed by atoms with E-state index in [1.54, 1.807) is 6.07 Å². The monoisotopic (exact) mass is 448 g/mol. The Morgan fingerprint density at radius 3 is 2.34 bits per heavy atom. The summed E-state index contributed by atoms with van der Waals surface area (Å²) in [6.07, 6.45) is 0. The van der Waals surface area contributed by atoms with E-state index in [1.165, 1.54) is 27.0 Å². The molecule has 0 aliphatic heterocycles. The van der Waals surface area contributed by atoms with Crippen LogP contribution in [0.1, 0.15) is 48.5 Å².